The largest absolute Gasteiger partial charge is 0.460 e. The molecular weight excluding hydrogens is 548 g/mol. The minimum Gasteiger partial charge on any atom is -0.460 e. The summed E-state index contributed by atoms with van der Waals surface area (Å²) in [5.41, 5.74) is -0.534. The molecule has 6 rings (SSSR count). The van der Waals surface area contributed by atoms with Crippen LogP contribution in [0.5, 0.6) is 0 Å². The average molecular weight is 583 g/mol. The van der Waals surface area contributed by atoms with Gasteiger partial charge in [0, 0.05) is 30.7 Å². The molecule has 4 bridgehead atoms. The van der Waals surface area contributed by atoms with Crippen LogP contribution in [0.1, 0.15) is 73.1 Å². The first kappa shape index (κ1) is 29.6. The molecule has 42 heavy (non-hydrogen) atoms. The lowest BCUT2D eigenvalue weighted by molar-refractivity contribution is -0.385. The Hall–Kier alpha value is -3.90. The fraction of sp³-hybridized carbons (Fsp3) is 0.533. The van der Waals surface area contributed by atoms with E-state index < -0.39 is 33.0 Å². The van der Waals surface area contributed by atoms with Crippen LogP contribution in [0, 0.1) is 31.1 Å². The minimum atomic E-state index is -0.569. The molecule has 4 saturated carbocycles. The quantitative estimate of drug-likeness (QED) is 0.137. The van der Waals surface area contributed by atoms with Crippen molar-refractivity contribution in [2.45, 2.75) is 63.6 Å². The van der Waals surface area contributed by atoms with Crippen molar-refractivity contribution < 1.29 is 38.4 Å². The summed E-state index contributed by atoms with van der Waals surface area (Å²) in [5, 5.41) is 21.7. The Morgan fingerprint density at radius 2 is 0.976 bits per heavy atom. The van der Waals surface area contributed by atoms with Crippen molar-refractivity contribution in [3.63, 3.8) is 0 Å². The molecule has 0 aromatic heterocycles. The number of nitro benzene ring substituents is 2. The highest BCUT2D eigenvalue weighted by atomic mass is 16.6. The van der Waals surface area contributed by atoms with Gasteiger partial charge in [-0.2, -0.15) is 0 Å². The number of hydrogen-bond donors (Lipinski definition) is 0. The topological polar surface area (TPSA) is 157 Å². The highest BCUT2D eigenvalue weighted by Gasteiger charge is 2.66. The molecule has 0 aliphatic heterocycles. The Morgan fingerprint density at radius 3 is 1.31 bits per heavy atom. The molecule has 12 nitrogen and oxygen atoms in total. The van der Waals surface area contributed by atoms with Crippen LogP contribution in [0.3, 0.4) is 0 Å². The van der Waals surface area contributed by atoms with Gasteiger partial charge in [0.05, 0.1) is 45.4 Å². The normalized spacial score (nSPS) is 29.2. The van der Waals surface area contributed by atoms with Crippen LogP contribution in [-0.4, -0.2) is 59.4 Å². The molecule has 0 saturated heterocycles. The van der Waals surface area contributed by atoms with Gasteiger partial charge in [-0.1, -0.05) is 13.8 Å². The van der Waals surface area contributed by atoms with E-state index in [1.807, 2.05) is 0 Å². The molecule has 2 aromatic carbocycles. The fourth-order valence-electron chi connectivity index (χ4n) is 8.17. The van der Waals surface area contributed by atoms with Crippen molar-refractivity contribution in [2.24, 2.45) is 10.8 Å². The summed E-state index contributed by atoms with van der Waals surface area (Å²) in [6.45, 7) is 5.07. The molecule has 0 amide bonds. The Morgan fingerprint density at radius 1 is 0.619 bits per heavy atom. The number of hydrogen-bond acceptors (Lipinski definition) is 10. The second-order valence-electron chi connectivity index (χ2n) is 12.6. The Labute approximate surface area is 242 Å². The van der Waals surface area contributed by atoms with Gasteiger partial charge in [0.15, 0.2) is 0 Å². The summed E-state index contributed by atoms with van der Waals surface area (Å²) < 4.78 is 23.7. The predicted octanol–water partition coefficient (Wildman–Crippen LogP) is 5.42. The number of benzene rings is 2. The lowest BCUT2D eigenvalue weighted by Gasteiger charge is -2.68. The molecule has 0 N–H and O–H groups in total. The third kappa shape index (κ3) is 6.29. The molecule has 0 heterocycles. The Bertz CT molecular complexity index is 1260. The molecule has 0 atom stereocenters. The maximum Gasteiger partial charge on any atom is 0.338 e. The minimum absolute atomic E-state index is 0.0222. The first-order valence-corrected chi connectivity index (χ1v) is 13.9. The van der Waals surface area contributed by atoms with Crippen molar-refractivity contribution in [3.05, 3.63) is 79.9 Å². The van der Waals surface area contributed by atoms with E-state index in [9.17, 15) is 29.8 Å². The molecule has 4 fully saturated rings. The second-order valence-corrected chi connectivity index (χ2v) is 12.6. The molecule has 2 aromatic rings. The van der Waals surface area contributed by atoms with Gasteiger partial charge in [-0.3, -0.25) is 20.2 Å². The van der Waals surface area contributed by atoms with Gasteiger partial charge in [-0.15, -0.1) is 0 Å². The number of esters is 2. The molecule has 0 unspecified atom stereocenters. The van der Waals surface area contributed by atoms with E-state index in [1.165, 1.54) is 48.5 Å². The molecule has 4 aliphatic carbocycles. The molecular formula is C30H34N2O10. The van der Waals surface area contributed by atoms with E-state index in [-0.39, 0.29) is 59.8 Å². The van der Waals surface area contributed by atoms with E-state index in [1.54, 1.807) is 0 Å². The average Bonchev–Trinajstić information content (AvgIpc) is 2.91. The van der Waals surface area contributed by atoms with Crippen molar-refractivity contribution in [1.29, 1.82) is 0 Å². The Balaban J connectivity index is 1.14. The van der Waals surface area contributed by atoms with Crippen LogP contribution in [-0.2, 0) is 18.9 Å². The summed E-state index contributed by atoms with van der Waals surface area (Å²) in [6, 6.07) is 10.5. The third-order valence-corrected chi connectivity index (χ3v) is 8.57. The summed E-state index contributed by atoms with van der Waals surface area (Å²) in [7, 11) is 0. The smallest absolute Gasteiger partial charge is 0.338 e. The first-order chi connectivity index (χ1) is 19.8. The summed E-state index contributed by atoms with van der Waals surface area (Å²) in [4.78, 5) is 45.4. The van der Waals surface area contributed by atoms with E-state index in [0.717, 1.165) is 32.1 Å². The maximum absolute atomic E-state index is 12.4. The van der Waals surface area contributed by atoms with Gasteiger partial charge >= 0.3 is 11.9 Å². The molecule has 12 heteroatoms. The number of ether oxygens (including phenoxy) is 4. The molecule has 0 radical (unpaired) electrons. The second kappa shape index (κ2) is 11.1. The van der Waals surface area contributed by atoms with Crippen LogP contribution in [0.4, 0.5) is 11.4 Å². The van der Waals surface area contributed by atoms with Crippen molar-refractivity contribution in [3.8, 4) is 0 Å². The van der Waals surface area contributed by atoms with Crippen LogP contribution in [0.2, 0.25) is 0 Å². The van der Waals surface area contributed by atoms with Crippen LogP contribution in [0.25, 0.3) is 0 Å². The standard InChI is InChI=1S/C30H34N2O10/c1-27-15-28(2)18-29(16-27,41-13-11-39-25(33)21-3-7-23(8-4-21)31(35)36)20-30(17-27,19-28)42-14-12-40-26(34)22-5-9-24(10-6-22)32(37)38/h3-10H,11-20H2,1-2H3. The van der Waals surface area contributed by atoms with Crippen molar-refractivity contribution in [2.75, 3.05) is 26.4 Å². The molecule has 4 aliphatic rings. The van der Waals surface area contributed by atoms with E-state index in [0.29, 0.717) is 6.42 Å². The van der Waals surface area contributed by atoms with Gasteiger partial charge in [0.1, 0.15) is 13.2 Å². The first-order valence-electron chi connectivity index (χ1n) is 13.9. The van der Waals surface area contributed by atoms with Gasteiger partial charge < -0.3 is 18.9 Å². The SMILES string of the molecule is CC12CC3(C)CC(OCCOC(=O)c4ccc([N+](=O)[O-])cc4)(C1)CC(OCCOC(=O)c1ccc([N+](=O)[O-])cc1)(C2)C3. The van der Waals surface area contributed by atoms with Crippen molar-refractivity contribution >= 4 is 23.3 Å². The van der Waals surface area contributed by atoms with E-state index >= 15 is 0 Å². The van der Waals surface area contributed by atoms with Crippen LogP contribution < -0.4 is 0 Å². The van der Waals surface area contributed by atoms with Gasteiger partial charge in [-0.25, -0.2) is 9.59 Å². The Kier molecular flexibility index (Phi) is 7.80. The molecule has 0 spiro atoms. The highest BCUT2D eigenvalue weighted by molar-refractivity contribution is 5.90. The zero-order valence-corrected chi connectivity index (χ0v) is 23.7. The number of nitrogens with zero attached hydrogens (tertiary/aromatic N) is 2. The highest BCUT2D eigenvalue weighted by Crippen LogP contribution is 2.69. The summed E-state index contributed by atoms with van der Waals surface area (Å²) >= 11 is 0. The zero-order valence-electron chi connectivity index (χ0n) is 23.7. The lowest BCUT2D eigenvalue weighted by atomic mass is 9.42. The number of carbonyl (C=O) groups is 2. The summed E-state index contributed by atoms with van der Waals surface area (Å²) in [5.74, 6) is -1.14. The number of non-ortho nitro benzene ring substituents is 2. The zero-order chi connectivity index (χ0) is 30.2. The third-order valence-electron chi connectivity index (χ3n) is 8.57. The molecule has 224 valence electrons. The number of rotatable bonds is 12. The maximum atomic E-state index is 12.4. The van der Waals surface area contributed by atoms with Crippen molar-refractivity contribution in [1.82, 2.24) is 0 Å². The fourth-order valence-corrected chi connectivity index (χ4v) is 8.17. The predicted molar refractivity (Wildman–Crippen MR) is 148 cm³/mol. The van der Waals surface area contributed by atoms with Gasteiger partial charge in [0.25, 0.3) is 11.4 Å². The van der Waals surface area contributed by atoms with Crippen LogP contribution >= 0.6 is 0 Å². The number of nitro groups is 2. The van der Waals surface area contributed by atoms with Crippen LogP contribution in [0.15, 0.2) is 48.5 Å². The van der Waals surface area contributed by atoms with E-state index in [4.69, 9.17) is 18.9 Å². The number of carbonyl (C=O) groups excluding carboxylic acids is 2. The monoisotopic (exact) mass is 582 g/mol. The lowest BCUT2D eigenvalue weighted by Crippen LogP contribution is -2.67. The summed E-state index contributed by atoms with van der Waals surface area (Å²) in [6.07, 6.45) is 5.29. The van der Waals surface area contributed by atoms with E-state index in [2.05, 4.69) is 13.8 Å². The van der Waals surface area contributed by atoms with Gasteiger partial charge in [-0.05, 0) is 67.2 Å². The van der Waals surface area contributed by atoms with Gasteiger partial charge in [0.2, 0.25) is 0 Å².